The summed E-state index contributed by atoms with van der Waals surface area (Å²) < 4.78 is 32.9. The summed E-state index contributed by atoms with van der Waals surface area (Å²) in [5, 5.41) is 2.61. The minimum Gasteiger partial charge on any atom is -0.496 e. The van der Waals surface area contributed by atoms with Gasteiger partial charge in [0.2, 0.25) is 5.91 Å². The van der Waals surface area contributed by atoms with Crippen LogP contribution in [0.25, 0.3) is 0 Å². The van der Waals surface area contributed by atoms with Crippen molar-refractivity contribution < 1.29 is 17.9 Å². The topological polar surface area (TPSA) is 84.5 Å². The van der Waals surface area contributed by atoms with Crippen LogP contribution in [0.1, 0.15) is 19.4 Å². The molecule has 2 N–H and O–H groups in total. The van der Waals surface area contributed by atoms with E-state index in [1.54, 1.807) is 43.5 Å². The van der Waals surface area contributed by atoms with Crippen LogP contribution in [0.4, 0.5) is 11.4 Å². The second-order valence-corrected chi connectivity index (χ2v) is 6.88. The smallest absolute Gasteiger partial charge is 0.261 e. The molecule has 0 saturated heterocycles. The van der Waals surface area contributed by atoms with E-state index < -0.39 is 10.0 Å². The van der Waals surface area contributed by atoms with Crippen LogP contribution in [-0.4, -0.2) is 21.4 Å². The summed E-state index contributed by atoms with van der Waals surface area (Å²) in [4.78, 5) is 11.3. The second-order valence-electron chi connectivity index (χ2n) is 5.19. The van der Waals surface area contributed by atoms with Gasteiger partial charge in [0.15, 0.2) is 0 Å². The standard InChI is InChI=1S/C17H20N2O4S/c1-4-13-10-16(8-9-17(13)23-3)24(21,22)19-15-7-5-6-14(11-15)18-12(2)20/h5-11,19H,4H2,1-3H3,(H,18,20). The molecule has 0 aliphatic heterocycles. The summed E-state index contributed by atoms with van der Waals surface area (Å²) in [6.07, 6.45) is 0.657. The number of rotatable bonds is 6. The van der Waals surface area contributed by atoms with Crippen molar-refractivity contribution in [2.45, 2.75) is 25.2 Å². The third kappa shape index (κ3) is 4.26. The fourth-order valence-corrected chi connectivity index (χ4v) is 3.38. The van der Waals surface area contributed by atoms with E-state index in [1.165, 1.54) is 13.0 Å². The van der Waals surface area contributed by atoms with Gasteiger partial charge in [0, 0.05) is 12.6 Å². The fourth-order valence-electron chi connectivity index (χ4n) is 2.28. The molecule has 0 heterocycles. The normalized spacial score (nSPS) is 11.0. The van der Waals surface area contributed by atoms with Crippen molar-refractivity contribution in [3.8, 4) is 5.75 Å². The number of aryl methyl sites for hydroxylation is 1. The van der Waals surface area contributed by atoms with Crippen molar-refractivity contribution in [2.24, 2.45) is 0 Å². The lowest BCUT2D eigenvalue weighted by molar-refractivity contribution is -0.114. The highest BCUT2D eigenvalue weighted by atomic mass is 32.2. The van der Waals surface area contributed by atoms with E-state index in [-0.39, 0.29) is 10.8 Å². The summed E-state index contributed by atoms with van der Waals surface area (Å²) in [6, 6.07) is 11.3. The number of hydrogen-bond donors (Lipinski definition) is 2. The molecule has 0 unspecified atom stereocenters. The number of carbonyl (C=O) groups is 1. The van der Waals surface area contributed by atoms with Gasteiger partial charge in [-0.1, -0.05) is 13.0 Å². The van der Waals surface area contributed by atoms with Gasteiger partial charge in [0.25, 0.3) is 10.0 Å². The van der Waals surface area contributed by atoms with Gasteiger partial charge in [-0.25, -0.2) is 8.42 Å². The van der Waals surface area contributed by atoms with Gasteiger partial charge in [0.1, 0.15) is 5.75 Å². The van der Waals surface area contributed by atoms with Crippen LogP contribution in [-0.2, 0) is 21.2 Å². The first-order chi connectivity index (χ1) is 11.4. The first-order valence-corrected chi connectivity index (χ1v) is 8.91. The van der Waals surface area contributed by atoms with E-state index in [9.17, 15) is 13.2 Å². The van der Waals surface area contributed by atoms with Crippen LogP contribution in [0.5, 0.6) is 5.75 Å². The van der Waals surface area contributed by atoms with Gasteiger partial charge in [0.05, 0.1) is 17.7 Å². The summed E-state index contributed by atoms with van der Waals surface area (Å²) >= 11 is 0. The largest absolute Gasteiger partial charge is 0.496 e. The molecule has 0 saturated carbocycles. The zero-order valence-corrected chi connectivity index (χ0v) is 14.6. The summed E-state index contributed by atoms with van der Waals surface area (Å²) in [5.74, 6) is 0.432. The van der Waals surface area contributed by atoms with Gasteiger partial charge < -0.3 is 10.1 Å². The van der Waals surface area contributed by atoms with Gasteiger partial charge >= 0.3 is 0 Å². The maximum absolute atomic E-state index is 12.6. The number of nitrogens with one attached hydrogen (secondary N) is 2. The second kappa shape index (κ2) is 7.35. The number of methoxy groups -OCH3 is 1. The molecule has 6 nitrogen and oxygen atoms in total. The van der Waals surface area contributed by atoms with Crippen LogP contribution in [0, 0.1) is 0 Å². The minimum atomic E-state index is -3.73. The van der Waals surface area contributed by atoms with Crippen molar-refractivity contribution in [2.75, 3.05) is 17.1 Å². The Morgan fingerprint density at radius 1 is 1.12 bits per heavy atom. The lowest BCUT2D eigenvalue weighted by Gasteiger charge is -2.12. The zero-order chi connectivity index (χ0) is 17.7. The Morgan fingerprint density at radius 3 is 2.46 bits per heavy atom. The van der Waals surface area contributed by atoms with Crippen LogP contribution in [0.2, 0.25) is 0 Å². The van der Waals surface area contributed by atoms with Crippen molar-refractivity contribution in [1.82, 2.24) is 0 Å². The van der Waals surface area contributed by atoms with Gasteiger partial charge in [-0.2, -0.15) is 0 Å². The van der Waals surface area contributed by atoms with Crippen LogP contribution < -0.4 is 14.8 Å². The molecule has 0 aliphatic rings. The molecule has 0 radical (unpaired) electrons. The van der Waals surface area contributed by atoms with Gasteiger partial charge in [-0.3, -0.25) is 9.52 Å². The van der Waals surface area contributed by atoms with Crippen LogP contribution in [0.15, 0.2) is 47.4 Å². The maximum Gasteiger partial charge on any atom is 0.261 e. The molecule has 0 bridgehead atoms. The van der Waals surface area contributed by atoms with Crippen molar-refractivity contribution >= 4 is 27.3 Å². The van der Waals surface area contributed by atoms with E-state index >= 15 is 0 Å². The van der Waals surface area contributed by atoms with Crippen molar-refractivity contribution in [3.05, 3.63) is 48.0 Å². The molecule has 0 fully saturated rings. The monoisotopic (exact) mass is 348 g/mol. The first-order valence-electron chi connectivity index (χ1n) is 7.43. The number of ether oxygens (including phenoxy) is 1. The molecular formula is C17H20N2O4S. The number of benzene rings is 2. The Labute approximate surface area is 141 Å². The molecule has 128 valence electrons. The highest BCUT2D eigenvalue weighted by molar-refractivity contribution is 7.92. The van der Waals surface area contributed by atoms with E-state index in [0.717, 1.165) is 5.56 Å². The summed E-state index contributed by atoms with van der Waals surface area (Å²) in [6.45, 7) is 3.32. The lowest BCUT2D eigenvalue weighted by atomic mass is 10.1. The van der Waals surface area contributed by atoms with Crippen molar-refractivity contribution in [3.63, 3.8) is 0 Å². The SMILES string of the molecule is CCc1cc(S(=O)(=O)Nc2cccc(NC(C)=O)c2)ccc1OC. The molecule has 0 atom stereocenters. The van der Waals surface area contributed by atoms with Crippen LogP contribution in [0.3, 0.4) is 0 Å². The number of hydrogen-bond acceptors (Lipinski definition) is 4. The Hall–Kier alpha value is -2.54. The van der Waals surface area contributed by atoms with E-state index in [0.29, 0.717) is 23.5 Å². The molecular weight excluding hydrogens is 328 g/mol. The molecule has 0 aliphatic carbocycles. The summed E-state index contributed by atoms with van der Waals surface area (Å²) in [5.41, 5.74) is 1.70. The highest BCUT2D eigenvalue weighted by Crippen LogP contribution is 2.25. The minimum absolute atomic E-state index is 0.157. The quantitative estimate of drug-likeness (QED) is 0.840. The van der Waals surface area contributed by atoms with E-state index in [1.807, 2.05) is 6.92 Å². The predicted octanol–water partition coefficient (Wildman–Crippen LogP) is 3.02. The maximum atomic E-state index is 12.6. The van der Waals surface area contributed by atoms with Crippen molar-refractivity contribution in [1.29, 1.82) is 0 Å². The number of amides is 1. The van der Waals surface area contributed by atoms with E-state index in [2.05, 4.69) is 10.0 Å². The van der Waals surface area contributed by atoms with E-state index in [4.69, 9.17) is 4.74 Å². The molecule has 2 rings (SSSR count). The molecule has 2 aromatic carbocycles. The lowest BCUT2D eigenvalue weighted by Crippen LogP contribution is -2.14. The predicted molar refractivity (Wildman–Crippen MR) is 93.9 cm³/mol. The molecule has 7 heteroatoms. The average molecular weight is 348 g/mol. The van der Waals surface area contributed by atoms with Gasteiger partial charge in [-0.05, 0) is 48.4 Å². The zero-order valence-electron chi connectivity index (χ0n) is 13.8. The molecule has 24 heavy (non-hydrogen) atoms. The summed E-state index contributed by atoms with van der Waals surface area (Å²) in [7, 11) is -2.18. The average Bonchev–Trinajstić information content (AvgIpc) is 2.53. The van der Waals surface area contributed by atoms with Crippen LogP contribution >= 0.6 is 0 Å². The molecule has 0 aromatic heterocycles. The molecule has 1 amide bonds. The Bertz CT molecular complexity index is 847. The third-order valence-electron chi connectivity index (χ3n) is 3.38. The fraction of sp³-hybridized carbons (Fsp3) is 0.235. The number of sulfonamides is 1. The molecule has 0 spiro atoms. The highest BCUT2D eigenvalue weighted by Gasteiger charge is 2.16. The Kier molecular flexibility index (Phi) is 5.46. The van der Waals surface area contributed by atoms with Gasteiger partial charge in [-0.15, -0.1) is 0 Å². The first kappa shape index (κ1) is 17.8. The third-order valence-corrected chi connectivity index (χ3v) is 4.76. The Balaban J connectivity index is 2.30. The number of carbonyl (C=O) groups excluding carboxylic acids is 1. The Morgan fingerprint density at radius 2 is 1.83 bits per heavy atom. The number of anilines is 2. The molecule has 2 aromatic rings.